The third kappa shape index (κ3) is 2.67. The van der Waals surface area contributed by atoms with Gasteiger partial charge >= 0.3 is 0 Å². The quantitative estimate of drug-likeness (QED) is 0.939. The van der Waals surface area contributed by atoms with Gasteiger partial charge in [0, 0.05) is 28.1 Å². The van der Waals surface area contributed by atoms with E-state index in [1.165, 1.54) is 11.5 Å². The fourth-order valence-corrected chi connectivity index (χ4v) is 2.03. The van der Waals surface area contributed by atoms with Gasteiger partial charge in [-0.1, -0.05) is 25.5 Å². The van der Waals surface area contributed by atoms with Gasteiger partial charge in [0.05, 0.1) is 7.11 Å². The van der Waals surface area contributed by atoms with Gasteiger partial charge in [0.15, 0.2) is 0 Å². The summed E-state index contributed by atoms with van der Waals surface area (Å²) in [4.78, 5) is 0. The maximum absolute atomic E-state index is 5.26. The number of nitrogens with one attached hydrogen (secondary N) is 1. The minimum atomic E-state index is 0.624. The first-order chi connectivity index (χ1) is 7.79. The first kappa shape index (κ1) is 11.3. The highest BCUT2D eigenvalue weighted by Crippen LogP contribution is 2.23. The van der Waals surface area contributed by atoms with Crippen molar-refractivity contribution >= 4 is 32.6 Å². The Morgan fingerprint density at radius 2 is 2.38 bits per heavy atom. The van der Waals surface area contributed by atoms with Crippen molar-refractivity contribution in [3.05, 3.63) is 28.2 Å². The lowest BCUT2D eigenvalue weighted by molar-refractivity contribution is 0.410. The van der Waals surface area contributed by atoms with Gasteiger partial charge < -0.3 is 10.1 Å². The molecule has 1 N–H and O–H groups in total. The molecule has 0 unspecified atom stereocenters. The summed E-state index contributed by atoms with van der Waals surface area (Å²) in [5.41, 5.74) is 1.05. The van der Waals surface area contributed by atoms with Gasteiger partial charge in [0.2, 0.25) is 5.13 Å². The van der Waals surface area contributed by atoms with Gasteiger partial charge in [-0.15, -0.1) is 0 Å². The Labute approximate surface area is 105 Å². The van der Waals surface area contributed by atoms with Crippen LogP contribution in [-0.4, -0.2) is 21.9 Å². The number of methoxy groups -OCH3 is 1. The fourth-order valence-electron chi connectivity index (χ4n) is 1.26. The standard InChI is InChI=1S/C9H9BrN4OS/c1-15-8-3-2-7(10)4-6(8)5-11-9-12-13-14-16-9/h2-4H,5H2,1H3,(H,11,12,14). The lowest BCUT2D eigenvalue weighted by atomic mass is 10.2. The average Bonchev–Trinajstić information content (AvgIpc) is 2.79. The third-order valence-electron chi connectivity index (χ3n) is 1.97. The molecule has 0 aliphatic rings. The summed E-state index contributed by atoms with van der Waals surface area (Å²) in [5, 5.41) is 11.1. The highest BCUT2D eigenvalue weighted by atomic mass is 79.9. The summed E-state index contributed by atoms with van der Waals surface area (Å²) >= 11 is 4.65. The normalized spacial score (nSPS) is 10.1. The summed E-state index contributed by atoms with van der Waals surface area (Å²) in [6, 6.07) is 5.86. The molecule has 1 aromatic carbocycles. The molecule has 0 aliphatic heterocycles. The fraction of sp³-hybridized carbons (Fsp3) is 0.222. The molecule has 2 rings (SSSR count). The maximum atomic E-state index is 5.26. The van der Waals surface area contributed by atoms with Crippen molar-refractivity contribution in [3.63, 3.8) is 0 Å². The number of aromatic nitrogens is 3. The predicted molar refractivity (Wildman–Crippen MR) is 65.7 cm³/mol. The number of hydrogen-bond donors (Lipinski definition) is 1. The number of hydrogen-bond acceptors (Lipinski definition) is 6. The SMILES string of the molecule is COc1ccc(Br)cc1CNc1nnns1. The van der Waals surface area contributed by atoms with E-state index in [9.17, 15) is 0 Å². The molecule has 0 bridgehead atoms. The second-order valence-electron chi connectivity index (χ2n) is 2.98. The van der Waals surface area contributed by atoms with E-state index in [2.05, 4.69) is 36.0 Å². The molecule has 0 radical (unpaired) electrons. The Hall–Kier alpha value is -1.21. The van der Waals surface area contributed by atoms with Crippen LogP contribution < -0.4 is 10.1 Å². The van der Waals surface area contributed by atoms with Gasteiger partial charge in [-0.05, 0) is 23.4 Å². The molecule has 7 heteroatoms. The van der Waals surface area contributed by atoms with Crippen LogP contribution in [0.1, 0.15) is 5.56 Å². The van der Waals surface area contributed by atoms with E-state index in [-0.39, 0.29) is 0 Å². The van der Waals surface area contributed by atoms with E-state index in [0.29, 0.717) is 11.7 Å². The number of nitrogens with zero attached hydrogens (tertiary/aromatic N) is 3. The van der Waals surface area contributed by atoms with Crippen LogP contribution in [0.5, 0.6) is 5.75 Å². The lowest BCUT2D eigenvalue weighted by Crippen LogP contribution is -2.01. The van der Waals surface area contributed by atoms with Crippen LogP contribution in [0.2, 0.25) is 0 Å². The highest BCUT2D eigenvalue weighted by molar-refractivity contribution is 9.10. The Morgan fingerprint density at radius 1 is 1.50 bits per heavy atom. The first-order valence-electron chi connectivity index (χ1n) is 4.51. The lowest BCUT2D eigenvalue weighted by Gasteiger charge is -2.08. The van der Waals surface area contributed by atoms with Crippen molar-refractivity contribution in [3.8, 4) is 5.75 Å². The molecule has 16 heavy (non-hydrogen) atoms. The average molecular weight is 301 g/mol. The van der Waals surface area contributed by atoms with Crippen molar-refractivity contribution in [2.24, 2.45) is 0 Å². The zero-order valence-electron chi connectivity index (χ0n) is 8.48. The summed E-state index contributed by atoms with van der Waals surface area (Å²) in [6.07, 6.45) is 0. The molecule has 0 saturated heterocycles. The largest absolute Gasteiger partial charge is 0.496 e. The predicted octanol–water partition coefficient (Wildman–Crippen LogP) is 2.32. The second kappa shape index (κ2) is 5.22. The van der Waals surface area contributed by atoms with E-state index in [1.807, 2.05) is 18.2 Å². The molecule has 1 aromatic heterocycles. The Kier molecular flexibility index (Phi) is 3.68. The Bertz CT molecular complexity index is 463. The summed E-state index contributed by atoms with van der Waals surface area (Å²) in [6.45, 7) is 0.624. The summed E-state index contributed by atoms with van der Waals surface area (Å²) in [7, 11) is 1.65. The third-order valence-corrected chi connectivity index (χ3v) is 3.02. The molecule has 0 aliphatic carbocycles. The zero-order chi connectivity index (χ0) is 11.4. The first-order valence-corrected chi connectivity index (χ1v) is 6.07. The Balaban J connectivity index is 2.11. The minimum absolute atomic E-state index is 0.624. The number of benzene rings is 1. The van der Waals surface area contributed by atoms with Gasteiger partial charge in [0.25, 0.3) is 0 Å². The molecule has 84 valence electrons. The van der Waals surface area contributed by atoms with Crippen molar-refractivity contribution in [1.29, 1.82) is 0 Å². The number of anilines is 1. The number of ether oxygens (including phenoxy) is 1. The van der Waals surface area contributed by atoms with Crippen LogP contribution >= 0.6 is 27.5 Å². The summed E-state index contributed by atoms with van der Waals surface area (Å²) < 4.78 is 9.95. The van der Waals surface area contributed by atoms with Crippen molar-refractivity contribution in [1.82, 2.24) is 14.8 Å². The monoisotopic (exact) mass is 300 g/mol. The van der Waals surface area contributed by atoms with Crippen LogP contribution in [0, 0.1) is 0 Å². The number of rotatable bonds is 4. The second-order valence-corrected chi connectivity index (χ2v) is 4.63. The smallest absolute Gasteiger partial charge is 0.225 e. The molecular weight excluding hydrogens is 292 g/mol. The van der Waals surface area contributed by atoms with E-state index in [1.54, 1.807) is 7.11 Å². The molecule has 0 atom stereocenters. The molecule has 0 fully saturated rings. The van der Waals surface area contributed by atoms with Crippen molar-refractivity contribution < 1.29 is 4.74 Å². The van der Waals surface area contributed by atoms with Crippen LogP contribution in [0.4, 0.5) is 5.13 Å². The van der Waals surface area contributed by atoms with Crippen LogP contribution in [0.3, 0.4) is 0 Å². The number of halogens is 1. The summed E-state index contributed by atoms with van der Waals surface area (Å²) in [5.74, 6) is 0.841. The molecule has 1 heterocycles. The van der Waals surface area contributed by atoms with E-state index in [4.69, 9.17) is 4.74 Å². The van der Waals surface area contributed by atoms with Crippen molar-refractivity contribution in [2.75, 3.05) is 12.4 Å². The van der Waals surface area contributed by atoms with Crippen LogP contribution in [-0.2, 0) is 6.54 Å². The zero-order valence-corrected chi connectivity index (χ0v) is 10.9. The van der Waals surface area contributed by atoms with Gasteiger partial charge in [-0.25, -0.2) is 0 Å². The minimum Gasteiger partial charge on any atom is -0.496 e. The highest BCUT2D eigenvalue weighted by Gasteiger charge is 2.04. The topological polar surface area (TPSA) is 59.9 Å². The maximum Gasteiger partial charge on any atom is 0.225 e. The van der Waals surface area contributed by atoms with Gasteiger partial charge in [-0.2, -0.15) is 0 Å². The van der Waals surface area contributed by atoms with Gasteiger partial charge in [0.1, 0.15) is 5.75 Å². The molecular formula is C9H9BrN4OS. The van der Waals surface area contributed by atoms with Crippen LogP contribution in [0.15, 0.2) is 22.7 Å². The Morgan fingerprint density at radius 3 is 3.06 bits per heavy atom. The molecule has 5 nitrogen and oxygen atoms in total. The van der Waals surface area contributed by atoms with E-state index >= 15 is 0 Å². The molecule has 0 saturated carbocycles. The van der Waals surface area contributed by atoms with Crippen LogP contribution in [0.25, 0.3) is 0 Å². The van der Waals surface area contributed by atoms with E-state index in [0.717, 1.165) is 15.8 Å². The van der Waals surface area contributed by atoms with Gasteiger partial charge in [-0.3, -0.25) is 0 Å². The molecule has 0 spiro atoms. The van der Waals surface area contributed by atoms with E-state index < -0.39 is 0 Å². The molecule has 2 aromatic rings. The molecule has 0 amide bonds. The van der Waals surface area contributed by atoms with Crippen molar-refractivity contribution in [2.45, 2.75) is 6.54 Å².